The van der Waals surface area contributed by atoms with Gasteiger partial charge in [0.15, 0.2) is 0 Å². The third kappa shape index (κ3) is 5.26. The standard InChI is InChI=1S/C27H32N2Si/c1-4-19-30(20-5-2,21-6-3)22-16-23-24(26-14-7-9-17-28-26)12-11-13-25(23)27-15-8-10-18-29-27/h7-15,17-18H,4-6,19-21H2,1-3H3. The molecule has 0 saturated heterocycles. The molecule has 0 N–H and O–H groups in total. The Kier molecular flexibility index (Phi) is 7.99. The van der Waals surface area contributed by atoms with Gasteiger partial charge in [-0.15, -0.1) is 5.54 Å². The first-order chi connectivity index (χ1) is 14.7. The number of pyridine rings is 2. The van der Waals surface area contributed by atoms with Gasteiger partial charge in [-0.05, 0) is 42.4 Å². The Morgan fingerprint density at radius 2 is 1.17 bits per heavy atom. The van der Waals surface area contributed by atoms with Crippen LogP contribution in [0.25, 0.3) is 22.5 Å². The maximum absolute atomic E-state index is 4.62. The highest BCUT2D eigenvalue weighted by Crippen LogP contribution is 2.31. The van der Waals surface area contributed by atoms with Crippen LogP contribution in [0.5, 0.6) is 0 Å². The van der Waals surface area contributed by atoms with Crippen LogP contribution in [0.1, 0.15) is 45.6 Å². The van der Waals surface area contributed by atoms with Gasteiger partial charge >= 0.3 is 0 Å². The third-order valence-electron chi connectivity index (χ3n) is 5.58. The summed E-state index contributed by atoms with van der Waals surface area (Å²) in [7, 11) is -1.63. The molecule has 154 valence electrons. The average molecular weight is 413 g/mol. The smallest absolute Gasteiger partial charge is 0.138 e. The summed E-state index contributed by atoms with van der Waals surface area (Å²) in [6.07, 6.45) is 7.36. The number of benzene rings is 1. The van der Waals surface area contributed by atoms with E-state index in [2.05, 4.69) is 72.5 Å². The zero-order valence-corrected chi connectivity index (χ0v) is 19.5. The van der Waals surface area contributed by atoms with Crippen LogP contribution in [-0.2, 0) is 0 Å². The highest BCUT2D eigenvalue weighted by molar-refractivity contribution is 6.87. The Balaban J connectivity index is 2.20. The van der Waals surface area contributed by atoms with Crippen molar-refractivity contribution in [3.63, 3.8) is 0 Å². The van der Waals surface area contributed by atoms with E-state index in [0.29, 0.717) is 0 Å². The molecule has 3 aromatic rings. The Bertz CT molecular complexity index is 913. The predicted molar refractivity (Wildman–Crippen MR) is 131 cm³/mol. The van der Waals surface area contributed by atoms with Crippen molar-refractivity contribution in [1.29, 1.82) is 0 Å². The lowest BCUT2D eigenvalue weighted by atomic mass is 9.96. The minimum absolute atomic E-state index is 0.966. The van der Waals surface area contributed by atoms with Gasteiger partial charge in [0, 0.05) is 29.1 Å². The predicted octanol–water partition coefficient (Wildman–Crippen LogP) is 7.38. The van der Waals surface area contributed by atoms with Gasteiger partial charge in [-0.3, -0.25) is 9.97 Å². The highest BCUT2D eigenvalue weighted by atomic mass is 28.3. The summed E-state index contributed by atoms with van der Waals surface area (Å²) in [6, 6.07) is 22.4. The van der Waals surface area contributed by atoms with Crippen molar-refractivity contribution in [1.82, 2.24) is 9.97 Å². The summed E-state index contributed by atoms with van der Waals surface area (Å²) < 4.78 is 0. The maximum atomic E-state index is 4.62. The zero-order chi connectivity index (χ0) is 21.2. The summed E-state index contributed by atoms with van der Waals surface area (Å²) in [5.41, 5.74) is 9.09. The van der Waals surface area contributed by atoms with Crippen LogP contribution in [0.15, 0.2) is 67.0 Å². The first-order valence-corrected chi connectivity index (χ1v) is 13.8. The van der Waals surface area contributed by atoms with E-state index in [0.717, 1.165) is 28.1 Å². The number of hydrogen-bond acceptors (Lipinski definition) is 2. The van der Waals surface area contributed by atoms with Crippen LogP contribution in [0.3, 0.4) is 0 Å². The molecule has 3 heteroatoms. The molecule has 0 aliphatic carbocycles. The minimum Gasteiger partial charge on any atom is -0.256 e. The lowest BCUT2D eigenvalue weighted by Crippen LogP contribution is -2.32. The van der Waals surface area contributed by atoms with Gasteiger partial charge in [0.05, 0.1) is 11.4 Å². The topological polar surface area (TPSA) is 25.8 Å². The molecular weight excluding hydrogens is 380 g/mol. The molecule has 1 aromatic carbocycles. The van der Waals surface area contributed by atoms with E-state index in [1.165, 1.54) is 37.4 Å². The van der Waals surface area contributed by atoms with Crippen molar-refractivity contribution in [3.8, 4) is 34.0 Å². The van der Waals surface area contributed by atoms with Crippen molar-refractivity contribution in [2.45, 2.75) is 58.2 Å². The Labute approximate surface area is 182 Å². The van der Waals surface area contributed by atoms with E-state index < -0.39 is 8.07 Å². The molecule has 3 rings (SSSR count). The average Bonchev–Trinajstić information content (AvgIpc) is 2.79. The highest BCUT2D eigenvalue weighted by Gasteiger charge is 2.28. The van der Waals surface area contributed by atoms with E-state index in [1.54, 1.807) is 0 Å². The minimum atomic E-state index is -1.63. The molecule has 30 heavy (non-hydrogen) atoms. The number of rotatable bonds is 8. The van der Waals surface area contributed by atoms with Crippen molar-refractivity contribution in [2.75, 3.05) is 0 Å². The first-order valence-electron chi connectivity index (χ1n) is 11.2. The fourth-order valence-electron chi connectivity index (χ4n) is 4.35. The monoisotopic (exact) mass is 412 g/mol. The van der Waals surface area contributed by atoms with E-state index in [9.17, 15) is 0 Å². The molecule has 0 atom stereocenters. The summed E-state index contributed by atoms with van der Waals surface area (Å²) in [6.45, 7) is 6.90. The number of nitrogens with zero attached hydrogens (tertiary/aromatic N) is 2. The molecule has 0 radical (unpaired) electrons. The van der Waals surface area contributed by atoms with Gasteiger partial charge in [-0.1, -0.05) is 76.3 Å². The lowest BCUT2D eigenvalue weighted by molar-refractivity contribution is 0.940. The van der Waals surface area contributed by atoms with E-state index >= 15 is 0 Å². The lowest BCUT2D eigenvalue weighted by Gasteiger charge is -2.25. The Hall–Kier alpha value is -2.70. The molecule has 0 aliphatic heterocycles. The molecule has 0 bridgehead atoms. The fourth-order valence-corrected chi connectivity index (χ4v) is 8.74. The third-order valence-corrected chi connectivity index (χ3v) is 10.6. The molecule has 0 amide bonds. The second-order valence-electron chi connectivity index (χ2n) is 7.94. The second-order valence-corrected chi connectivity index (χ2v) is 12.2. The van der Waals surface area contributed by atoms with Gasteiger partial charge in [0.25, 0.3) is 0 Å². The van der Waals surface area contributed by atoms with Crippen LogP contribution >= 0.6 is 0 Å². The molecule has 2 aromatic heterocycles. The van der Waals surface area contributed by atoms with Gasteiger partial charge in [-0.25, -0.2) is 0 Å². The molecule has 0 aliphatic rings. The SMILES string of the molecule is CCC[Si](C#Cc1c(-c2ccccn2)cccc1-c1ccccn1)(CCC)CCC. The molecule has 0 fully saturated rings. The van der Waals surface area contributed by atoms with Gasteiger partial charge in [0.1, 0.15) is 8.07 Å². The first kappa shape index (κ1) is 22.0. The normalized spacial score (nSPS) is 11.0. The van der Waals surface area contributed by atoms with Crippen molar-refractivity contribution < 1.29 is 0 Å². The van der Waals surface area contributed by atoms with Gasteiger partial charge in [-0.2, -0.15) is 0 Å². The van der Waals surface area contributed by atoms with Gasteiger partial charge < -0.3 is 0 Å². The summed E-state index contributed by atoms with van der Waals surface area (Å²) in [4.78, 5) is 9.24. The quantitative estimate of drug-likeness (QED) is 0.285. The van der Waals surface area contributed by atoms with Crippen LogP contribution in [0.4, 0.5) is 0 Å². The van der Waals surface area contributed by atoms with E-state index in [1.807, 2.05) is 36.7 Å². The maximum Gasteiger partial charge on any atom is 0.138 e. The van der Waals surface area contributed by atoms with E-state index in [4.69, 9.17) is 0 Å². The largest absolute Gasteiger partial charge is 0.256 e. The number of hydrogen-bond donors (Lipinski definition) is 0. The van der Waals surface area contributed by atoms with Crippen molar-refractivity contribution >= 4 is 8.07 Å². The van der Waals surface area contributed by atoms with Crippen molar-refractivity contribution in [2.24, 2.45) is 0 Å². The van der Waals surface area contributed by atoms with E-state index in [-0.39, 0.29) is 0 Å². The second kappa shape index (κ2) is 10.9. The summed E-state index contributed by atoms with van der Waals surface area (Å²) >= 11 is 0. The molecule has 0 unspecified atom stereocenters. The molecule has 2 nitrogen and oxygen atoms in total. The van der Waals surface area contributed by atoms with Crippen molar-refractivity contribution in [3.05, 3.63) is 72.6 Å². The van der Waals surface area contributed by atoms with Crippen LogP contribution < -0.4 is 0 Å². The summed E-state index contributed by atoms with van der Waals surface area (Å²) in [5.74, 6) is 3.71. The van der Waals surface area contributed by atoms with Crippen LogP contribution in [0.2, 0.25) is 18.1 Å². The molecule has 0 saturated carbocycles. The molecular formula is C27H32N2Si. The summed E-state index contributed by atoms with van der Waals surface area (Å²) in [5, 5.41) is 0. The molecule has 0 spiro atoms. The number of aromatic nitrogens is 2. The van der Waals surface area contributed by atoms with Gasteiger partial charge in [0.2, 0.25) is 0 Å². The van der Waals surface area contributed by atoms with Crippen LogP contribution in [0, 0.1) is 11.5 Å². The Morgan fingerprint density at radius 3 is 1.57 bits per heavy atom. The van der Waals surface area contributed by atoms with Crippen LogP contribution in [-0.4, -0.2) is 18.0 Å². The Morgan fingerprint density at radius 1 is 0.667 bits per heavy atom. The molecule has 2 heterocycles. The zero-order valence-electron chi connectivity index (χ0n) is 18.5. The fraction of sp³-hybridized carbons (Fsp3) is 0.333.